The molecule has 1 fully saturated rings. The molecule has 1 saturated carbocycles. The number of aliphatic hydroxyl groups is 1. The molecule has 12 heavy (non-hydrogen) atoms. The summed E-state index contributed by atoms with van der Waals surface area (Å²) in [6.45, 7) is 8.77. The van der Waals surface area contributed by atoms with Crippen molar-refractivity contribution in [2.45, 2.75) is 59.0 Å². The highest BCUT2D eigenvalue weighted by Gasteiger charge is 2.39. The van der Waals surface area contributed by atoms with E-state index in [1.54, 1.807) is 0 Å². The van der Waals surface area contributed by atoms with Crippen LogP contribution in [-0.2, 0) is 0 Å². The summed E-state index contributed by atoms with van der Waals surface area (Å²) in [4.78, 5) is 0. The minimum atomic E-state index is -0.414. The molecule has 0 aromatic carbocycles. The van der Waals surface area contributed by atoms with Gasteiger partial charge in [0.1, 0.15) is 0 Å². The van der Waals surface area contributed by atoms with Crippen LogP contribution in [0.5, 0.6) is 0 Å². The average Bonchev–Trinajstić information content (AvgIpc) is 1.82. The molecular formula is C11H22O. The lowest BCUT2D eigenvalue weighted by Gasteiger charge is -2.44. The summed E-state index contributed by atoms with van der Waals surface area (Å²) < 4.78 is 0. The standard InChI is InChI=1S/C11H22O/c1-5-10(3)6-9(2)7-11(4,12)8-10/h9,12H,5-8H2,1-4H3. The van der Waals surface area contributed by atoms with Gasteiger partial charge in [0, 0.05) is 0 Å². The highest BCUT2D eigenvalue weighted by molar-refractivity contribution is 4.91. The smallest absolute Gasteiger partial charge is 0.0627 e. The van der Waals surface area contributed by atoms with Gasteiger partial charge in [-0.3, -0.25) is 0 Å². The molecule has 0 aliphatic heterocycles. The van der Waals surface area contributed by atoms with Gasteiger partial charge in [-0.25, -0.2) is 0 Å². The average molecular weight is 170 g/mol. The van der Waals surface area contributed by atoms with Gasteiger partial charge in [-0.2, -0.15) is 0 Å². The Morgan fingerprint density at radius 3 is 2.33 bits per heavy atom. The van der Waals surface area contributed by atoms with Crippen LogP contribution < -0.4 is 0 Å². The van der Waals surface area contributed by atoms with Crippen LogP contribution >= 0.6 is 0 Å². The number of hydrogen-bond donors (Lipinski definition) is 1. The zero-order chi connectivity index (χ0) is 9.41. The third-order valence-corrected chi connectivity index (χ3v) is 3.29. The second-order valence-electron chi connectivity index (χ2n) is 5.35. The first-order valence-corrected chi connectivity index (χ1v) is 5.09. The van der Waals surface area contributed by atoms with E-state index in [1.807, 2.05) is 6.92 Å². The van der Waals surface area contributed by atoms with Gasteiger partial charge in [0.25, 0.3) is 0 Å². The Balaban J connectivity index is 2.70. The van der Waals surface area contributed by atoms with E-state index in [1.165, 1.54) is 12.8 Å². The molecule has 1 nitrogen and oxygen atoms in total. The van der Waals surface area contributed by atoms with E-state index in [4.69, 9.17) is 0 Å². The number of hydrogen-bond acceptors (Lipinski definition) is 1. The Labute approximate surface area is 76.2 Å². The van der Waals surface area contributed by atoms with E-state index in [0.29, 0.717) is 11.3 Å². The number of rotatable bonds is 1. The normalized spacial score (nSPS) is 49.2. The molecule has 0 aromatic heterocycles. The predicted octanol–water partition coefficient (Wildman–Crippen LogP) is 2.97. The van der Waals surface area contributed by atoms with Crippen molar-refractivity contribution in [3.8, 4) is 0 Å². The van der Waals surface area contributed by atoms with Crippen LogP contribution in [0.15, 0.2) is 0 Å². The molecule has 3 atom stereocenters. The molecule has 0 spiro atoms. The van der Waals surface area contributed by atoms with Gasteiger partial charge in [-0.05, 0) is 37.5 Å². The third kappa shape index (κ3) is 2.22. The maximum absolute atomic E-state index is 10.0. The fraction of sp³-hybridized carbons (Fsp3) is 1.00. The van der Waals surface area contributed by atoms with Gasteiger partial charge in [0.15, 0.2) is 0 Å². The van der Waals surface area contributed by atoms with Crippen LogP contribution in [0.25, 0.3) is 0 Å². The molecular weight excluding hydrogens is 148 g/mol. The molecule has 0 amide bonds. The highest BCUT2D eigenvalue weighted by Crippen LogP contribution is 2.45. The molecule has 0 saturated heterocycles. The van der Waals surface area contributed by atoms with Crippen molar-refractivity contribution >= 4 is 0 Å². The SMILES string of the molecule is CCC1(C)CC(C)CC(C)(O)C1. The van der Waals surface area contributed by atoms with E-state index in [0.717, 1.165) is 12.8 Å². The van der Waals surface area contributed by atoms with Gasteiger partial charge < -0.3 is 5.11 Å². The van der Waals surface area contributed by atoms with Crippen LogP contribution in [0.1, 0.15) is 53.4 Å². The maximum atomic E-state index is 10.0. The zero-order valence-corrected chi connectivity index (χ0v) is 8.85. The third-order valence-electron chi connectivity index (χ3n) is 3.29. The van der Waals surface area contributed by atoms with Crippen molar-refractivity contribution < 1.29 is 5.11 Å². The molecule has 1 aliphatic carbocycles. The van der Waals surface area contributed by atoms with E-state index in [9.17, 15) is 5.11 Å². The van der Waals surface area contributed by atoms with Gasteiger partial charge in [-0.1, -0.05) is 27.2 Å². The molecule has 1 heteroatoms. The Kier molecular flexibility index (Phi) is 2.53. The minimum Gasteiger partial charge on any atom is -0.390 e. The lowest BCUT2D eigenvalue weighted by atomic mass is 9.64. The Bertz CT molecular complexity index is 162. The van der Waals surface area contributed by atoms with Crippen molar-refractivity contribution in [3.63, 3.8) is 0 Å². The molecule has 3 unspecified atom stereocenters. The van der Waals surface area contributed by atoms with E-state index in [-0.39, 0.29) is 0 Å². The molecule has 0 radical (unpaired) electrons. The molecule has 72 valence electrons. The van der Waals surface area contributed by atoms with Gasteiger partial charge in [-0.15, -0.1) is 0 Å². The molecule has 0 heterocycles. The Morgan fingerprint density at radius 1 is 1.33 bits per heavy atom. The quantitative estimate of drug-likeness (QED) is 0.641. The molecule has 0 aromatic rings. The van der Waals surface area contributed by atoms with E-state index >= 15 is 0 Å². The first-order valence-electron chi connectivity index (χ1n) is 5.09. The van der Waals surface area contributed by atoms with E-state index in [2.05, 4.69) is 20.8 Å². The van der Waals surface area contributed by atoms with Crippen molar-refractivity contribution in [2.75, 3.05) is 0 Å². The van der Waals surface area contributed by atoms with Crippen LogP contribution in [0.2, 0.25) is 0 Å². The summed E-state index contributed by atoms with van der Waals surface area (Å²) in [6.07, 6.45) is 4.41. The lowest BCUT2D eigenvalue weighted by molar-refractivity contribution is -0.0509. The van der Waals surface area contributed by atoms with Crippen LogP contribution in [0.4, 0.5) is 0 Å². The second-order valence-corrected chi connectivity index (χ2v) is 5.35. The summed E-state index contributed by atoms with van der Waals surface area (Å²) in [7, 11) is 0. The van der Waals surface area contributed by atoms with Crippen molar-refractivity contribution in [2.24, 2.45) is 11.3 Å². The molecule has 1 N–H and O–H groups in total. The molecule has 1 rings (SSSR count). The summed E-state index contributed by atoms with van der Waals surface area (Å²) in [5.74, 6) is 0.679. The first-order chi connectivity index (χ1) is 5.37. The summed E-state index contributed by atoms with van der Waals surface area (Å²) in [5.41, 5.74) is -0.0381. The largest absolute Gasteiger partial charge is 0.390 e. The predicted molar refractivity (Wildman–Crippen MR) is 52.0 cm³/mol. The maximum Gasteiger partial charge on any atom is 0.0627 e. The Morgan fingerprint density at radius 2 is 1.92 bits per heavy atom. The second kappa shape index (κ2) is 3.02. The molecule has 0 bridgehead atoms. The fourth-order valence-corrected chi connectivity index (χ4v) is 3.00. The monoisotopic (exact) mass is 170 g/mol. The zero-order valence-electron chi connectivity index (χ0n) is 8.85. The van der Waals surface area contributed by atoms with Crippen molar-refractivity contribution in [1.29, 1.82) is 0 Å². The van der Waals surface area contributed by atoms with Crippen LogP contribution in [0, 0.1) is 11.3 Å². The van der Waals surface area contributed by atoms with Crippen LogP contribution in [-0.4, -0.2) is 10.7 Å². The Hall–Kier alpha value is -0.0400. The van der Waals surface area contributed by atoms with E-state index < -0.39 is 5.60 Å². The topological polar surface area (TPSA) is 20.2 Å². The van der Waals surface area contributed by atoms with Crippen molar-refractivity contribution in [3.05, 3.63) is 0 Å². The summed E-state index contributed by atoms with van der Waals surface area (Å²) in [5, 5.41) is 10.0. The summed E-state index contributed by atoms with van der Waals surface area (Å²) >= 11 is 0. The molecule has 1 aliphatic rings. The first kappa shape index (κ1) is 10.0. The minimum absolute atomic E-state index is 0.376. The van der Waals surface area contributed by atoms with Crippen molar-refractivity contribution in [1.82, 2.24) is 0 Å². The lowest BCUT2D eigenvalue weighted by Crippen LogP contribution is -2.40. The fourth-order valence-electron chi connectivity index (χ4n) is 3.00. The van der Waals surface area contributed by atoms with Crippen LogP contribution in [0.3, 0.4) is 0 Å². The summed E-state index contributed by atoms with van der Waals surface area (Å²) in [6, 6.07) is 0. The van der Waals surface area contributed by atoms with Gasteiger partial charge >= 0.3 is 0 Å². The van der Waals surface area contributed by atoms with Gasteiger partial charge in [0.2, 0.25) is 0 Å². The van der Waals surface area contributed by atoms with Gasteiger partial charge in [0.05, 0.1) is 5.60 Å². The highest BCUT2D eigenvalue weighted by atomic mass is 16.3.